The number of nitrogens with one attached hydrogen (secondary N) is 1. The molecule has 3 rings (SSSR count). The van der Waals surface area contributed by atoms with Gasteiger partial charge in [0.05, 0.1) is 17.2 Å². The predicted molar refractivity (Wildman–Crippen MR) is 87.4 cm³/mol. The Bertz CT molecular complexity index is 823. The normalized spacial score (nSPS) is 23.4. The van der Waals surface area contributed by atoms with Crippen LogP contribution in [0.5, 0.6) is 0 Å². The third-order valence-electron chi connectivity index (χ3n) is 4.17. The minimum atomic E-state index is -3.55. The molecule has 1 fully saturated rings. The summed E-state index contributed by atoms with van der Waals surface area (Å²) in [6, 6.07) is 6.95. The molecule has 7 heteroatoms. The van der Waals surface area contributed by atoms with Gasteiger partial charge in [-0.1, -0.05) is 17.3 Å². The van der Waals surface area contributed by atoms with E-state index in [1.807, 2.05) is 45.9 Å². The SMILES string of the molecule is CC1(C)C[C@H](NS(=O)(=O)Cc2noc3ccccc23)C(C)(C)O1. The van der Waals surface area contributed by atoms with E-state index in [0.717, 1.165) is 5.39 Å². The average Bonchev–Trinajstić information content (AvgIpc) is 2.87. The van der Waals surface area contributed by atoms with Crippen molar-refractivity contribution < 1.29 is 17.7 Å². The van der Waals surface area contributed by atoms with Gasteiger partial charge in [-0.2, -0.15) is 0 Å². The van der Waals surface area contributed by atoms with Crippen molar-refractivity contribution in [3.8, 4) is 0 Å². The van der Waals surface area contributed by atoms with Gasteiger partial charge in [0.1, 0.15) is 11.4 Å². The minimum Gasteiger partial charge on any atom is -0.368 e. The van der Waals surface area contributed by atoms with Crippen molar-refractivity contribution in [1.29, 1.82) is 0 Å². The molecule has 0 bridgehead atoms. The Hall–Kier alpha value is -1.44. The molecule has 1 saturated heterocycles. The Balaban J connectivity index is 1.80. The lowest BCUT2D eigenvalue weighted by molar-refractivity contribution is -0.0684. The van der Waals surface area contributed by atoms with Crippen LogP contribution in [0, 0.1) is 0 Å². The molecule has 0 radical (unpaired) electrons. The zero-order valence-electron chi connectivity index (χ0n) is 13.8. The van der Waals surface area contributed by atoms with Crippen LogP contribution in [0.4, 0.5) is 0 Å². The zero-order chi connectivity index (χ0) is 16.9. The Morgan fingerprint density at radius 2 is 1.96 bits per heavy atom. The Labute approximate surface area is 136 Å². The smallest absolute Gasteiger partial charge is 0.217 e. The second kappa shape index (κ2) is 5.29. The Kier molecular flexibility index (Phi) is 3.78. The van der Waals surface area contributed by atoms with E-state index in [0.29, 0.717) is 17.7 Å². The molecule has 6 nitrogen and oxygen atoms in total. The number of nitrogens with zero attached hydrogens (tertiary/aromatic N) is 1. The third kappa shape index (κ3) is 3.41. The fourth-order valence-corrected chi connectivity index (χ4v) is 4.68. The van der Waals surface area contributed by atoms with E-state index in [1.54, 1.807) is 6.07 Å². The molecule has 1 aromatic heterocycles. The van der Waals surface area contributed by atoms with Crippen LogP contribution in [-0.4, -0.2) is 30.8 Å². The first-order valence-corrected chi connectivity index (χ1v) is 9.27. The molecule has 0 unspecified atom stereocenters. The van der Waals surface area contributed by atoms with Crippen LogP contribution in [0.15, 0.2) is 28.8 Å². The number of benzene rings is 1. The molecular weight excluding hydrogens is 316 g/mol. The molecular formula is C16H22N2O4S. The predicted octanol–water partition coefficient (Wildman–Crippen LogP) is 2.59. The molecule has 0 spiro atoms. The van der Waals surface area contributed by atoms with E-state index < -0.39 is 15.6 Å². The first-order chi connectivity index (χ1) is 10.6. The maximum absolute atomic E-state index is 12.5. The number of para-hydroxylation sites is 1. The molecule has 2 aromatic rings. The van der Waals surface area contributed by atoms with Gasteiger partial charge in [-0.15, -0.1) is 0 Å². The summed E-state index contributed by atoms with van der Waals surface area (Å²) in [4.78, 5) is 0. The van der Waals surface area contributed by atoms with E-state index in [4.69, 9.17) is 9.26 Å². The van der Waals surface area contributed by atoms with Crippen LogP contribution in [0.2, 0.25) is 0 Å². The van der Waals surface area contributed by atoms with Crippen molar-refractivity contribution in [1.82, 2.24) is 9.88 Å². The quantitative estimate of drug-likeness (QED) is 0.926. The van der Waals surface area contributed by atoms with Gasteiger partial charge in [0.25, 0.3) is 0 Å². The highest BCUT2D eigenvalue weighted by Gasteiger charge is 2.47. The lowest BCUT2D eigenvalue weighted by Gasteiger charge is -2.27. The largest absolute Gasteiger partial charge is 0.368 e. The van der Waals surface area contributed by atoms with Crippen LogP contribution >= 0.6 is 0 Å². The molecule has 0 saturated carbocycles. The van der Waals surface area contributed by atoms with E-state index in [-0.39, 0.29) is 17.4 Å². The number of fused-ring (bicyclic) bond motifs is 1. The van der Waals surface area contributed by atoms with E-state index >= 15 is 0 Å². The van der Waals surface area contributed by atoms with Crippen LogP contribution in [0.3, 0.4) is 0 Å². The molecule has 1 N–H and O–H groups in total. The van der Waals surface area contributed by atoms with Crippen molar-refractivity contribution in [3.63, 3.8) is 0 Å². The number of sulfonamides is 1. The minimum absolute atomic E-state index is 0.211. The van der Waals surface area contributed by atoms with Gasteiger partial charge in [-0.3, -0.25) is 0 Å². The first-order valence-electron chi connectivity index (χ1n) is 7.61. The van der Waals surface area contributed by atoms with E-state index in [9.17, 15) is 8.42 Å². The maximum atomic E-state index is 12.5. The lowest BCUT2D eigenvalue weighted by Crippen LogP contribution is -2.46. The molecule has 1 aliphatic heterocycles. The van der Waals surface area contributed by atoms with Crippen LogP contribution in [0.25, 0.3) is 11.0 Å². The van der Waals surface area contributed by atoms with Gasteiger partial charge >= 0.3 is 0 Å². The molecule has 23 heavy (non-hydrogen) atoms. The van der Waals surface area contributed by atoms with Gasteiger partial charge in [0, 0.05) is 5.39 Å². The fourth-order valence-electron chi connectivity index (χ4n) is 3.23. The standard InChI is InChI=1S/C16H22N2O4S/c1-15(2)9-14(16(3,4)22-15)18-23(19,20)10-12-11-7-5-6-8-13(11)21-17-12/h5-8,14,18H,9-10H2,1-4H3/t14-/m0/s1. The summed E-state index contributed by atoms with van der Waals surface area (Å²) in [5.41, 5.74) is 0.104. The molecule has 126 valence electrons. The Morgan fingerprint density at radius 3 is 2.61 bits per heavy atom. The highest BCUT2D eigenvalue weighted by atomic mass is 32.2. The van der Waals surface area contributed by atoms with Crippen LogP contribution in [0.1, 0.15) is 39.8 Å². The molecule has 2 heterocycles. The second-order valence-electron chi connectivity index (χ2n) is 7.22. The zero-order valence-corrected chi connectivity index (χ0v) is 14.6. The molecule has 1 aliphatic rings. The van der Waals surface area contributed by atoms with Crippen molar-refractivity contribution in [3.05, 3.63) is 30.0 Å². The fraction of sp³-hybridized carbons (Fsp3) is 0.562. The summed E-state index contributed by atoms with van der Waals surface area (Å²) in [5.74, 6) is -0.211. The molecule has 0 amide bonds. The van der Waals surface area contributed by atoms with Gasteiger partial charge in [0.2, 0.25) is 10.0 Å². The monoisotopic (exact) mass is 338 g/mol. The lowest BCUT2D eigenvalue weighted by atomic mass is 9.96. The summed E-state index contributed by atoms with van der Waals surface area (Å²) in [5, 5.41) is 4.62. The highest BCUT2D eigenvalue weighted by molar-refractivity contribution is 7.88. The molecule has 1 atom stereocenters. The van der Waals surface area contributed by atoms with Gasteiger partial charge < -0.3 is 9.26 Å². The van der Waals surface area contributed by atoms with Gasteiger partial charge in [-0.05, 0) is 46.2 Å². The topological polar surface area (TPSA) is 81.4 Å². The molecule has 0 aliphatic carbocycles. The van der Waals surface area contributed by atoms with Crippen LogP contribution < -0.4 is 4.72 Å². The highest BCUT2D eigenvalue weighted by Crippen LogP contribution is 2.37. The van der Waals surface area contributed by atoms with E-state index in [2.05, 4.69) is 9.88 Å². The van der Waals surface area contributed by atoms with Crippen LogP contribution in [-0.2, 0) is 20.5 Å². The number of rotatable bonds is 4. The maximum Gasteiger partial charge on any atom is 0.217 e. The van der Waals surface area contributed by atoms with Gasteiger partial charge in [-0.25, -0.2) is 13.1 Å². The van der Waals surface area contributed by atoms with Crippen molar-refractivity contribution in [2.75, 3.05) is 0 Å². The van der Waals surface area contributed by atoms with Crippen molar-refractivity contribution >= 4 is 21.0 Å². The van der Waals surface area contributed by atoms with Crippen molar-refractivity contribution in [2.45, 2.75) is 57.1 Å². The van der Waals surface area contributed by atoms with E-state index in [1.165, 1.54) is 0 Å². The first kappa shape index (κ1) is 16.4. The third-order valence-corrected chi connectivity index (χ3v) is 5.47. The summed E-state index contributed by atoms with van der Waals surface area (Å²) >= 11 is 0. The average molecular weight is 338 g/mol. The van der Waals surface area contributed by atoms with Gasteiger partial charge in [0.15, 0.2) is 5.58 Å². The number of hydrogen-bond acceptors (Lipinski definition) is 5. The summed E-state index contributed by atoms with van der Waals surface area (Å²) < 4.78 is 39.0. The second-order valence-corrected chi connectivity index (χ2v) is 8.98. The number of ether oxygens (including phenoxy) is 1. The number of hydrogen-bond donors (Lipinski definition) is 1. The summed E-state index contributed by atoms with van der Waals surface area (Å²) in [7, 11) is -3.55. The summed E-state index contributed by atoms with van der Waals surface area (Å²) in [6.45, 7) is 7.74. The Morgan fingerprint density at radius 1 is 1.26 bits per heavy atom. The summed E-state index contributed by atoms with van der Waals surface area (Å²) in [6.07, 6.45) is 0.624. The molecule has 1 aromatic carbocycles. The van der Waals surface area contributed by atoms with Crippen molar-refractivity contribution in [2.24, 2.45) is 0 Å². The number of aromatic nitrogens is 1.